The van der Waals surface area contributed by atoms with Crippen molar-refractivity contribution < 1.29 is 9.18 Å². The van der Waals surface area contributed by atoms with E-state index in [4.69, 9.17) is 11.6 Å². The van der Waals surface area contributed by atoms with Crippen LogP contribution in [0.3, 0.4) is 0 Å². The number of benzene rings is 1. The fourth-order valence-corrected chi connectivity index (χ4v) is 4.86. The minimum atomic E-state index is -0.394. The van der Waals surface area contributed by atoms with E-state index in [0.29, 0.717) is 40.5 Å². The van der Waals surface area contributed by atoms with Crippen LogP contribution in [-0.4, -0.2) is 46.3 Å². The Balaban J connectivity index is 1.45. The van der Waals surface area contributed by atoms with Crippen LogP contribution in [0.1, 0.15) is 48.2 Å². The first-order valence-corrected chi connectivity index (χ1v) is 10.4. The van der Waals surface area contributed by atoms with Crippen LogP contribution in [0.5, 0.6) is 0 Å². The SMILES string of the molecule is Cc1c(C(=O)NC[C@H]2CCCN3CCCC[C@H]23)cnn1-c1cc(F)ccc1Cl. The summed E-state index contributed by atoms with van der Waals surface area (Å²) < 4.78 is 15.1. The molecule has 0 aliphatic carbocycles. The Morgan fingerprint density at radius 2 is 2.11 bits per heavy atom. The van der Waals surface area contributed by atoms with Crippen LogP contribution < -0.4 is 5.32 Å². The van der Waals surface area contributed by atoms with Gasteiger partial charge in [-0.1, -0.05) is 18.0 Å². The fraction of sp³-hybridized carbons (Fsp3) is 0.524. The van der Waals surface area contributed by atoms with Crippen molar-refractivity contribution in [1.29, 1.82) is 0 Å². The number of hydrogen-bond donors (Lipinski definition) is 1. The van der Waals surface area contributed by atoms with Crippen LogP contribution in [0.2, 0.25) is 5.02 Å². The summed E-state index contributed by atoms with van der Waals surface area (Å²) in [6.07, 6.45) is 7.70. The third-order valence-corrected chi connectivity index (χ3v) is 6.46. The second-order valence-electron chi connectivity index (χ2n) is 7.86. The van der Waals surface area contributed by atoms with Crippen LogP contribution in [0, 0.1) is 18.7 Å². The first kappa shape index (κ1) is 19.4. The van der Waals surface area contributed by atoms with Crippen molar-refractivity contribution in [2.45, 2.75) is 45.1 Å². The number of halogens is 2. The standard InChI is InChI=1S/C21H26ClFN4O/c1-14-17(13-25-27(14)20-11-16(23)7-8-18(20)22)21(28)24-12-15-5-4-10-26-9-3-2-6-19(15)26/h7-8,11,13,15,19H,2-6,9-10,12H2,1H3,(H,24,28)/t15-,19-/m1/s1. The molecule has 2 aliphatic rings. The Morgan fingerprint density at radius 1 is 1.29 bits per heavy atom. The summed E-state index contributed by atoms with van der Waals surface area (Å²) in [4.78, 5) is 15.4. The smallest absolute Gasteiger partial charge is 0.254 e. The second kappa shape index (κ2) is 8.21. The van der Waals surface area contributed by atoms with Gasteiger partial charge < -0.3 is 10.2 Å². The molecule has 0 bridgehead atoms. The van der Waals surface area contributed by atoms with Gasteiger partial charge in [0.2, 0.25) is 0 Å². The second-order valence-corrected chi connectivity index (χ2v) is 8.27. The van der Waals surface area contributed by atoms with Crippen molar-refractivity contribution in [3.8, 4) is 5.69 Å². The minimum Gasteiger partial charge on any atom is -0.352 e. The van der Waals surface area contributed by atoms with Gasteiger partial charge in [0, 0.05) is 18.7 Å². The van der Waals surface area contributed by atoms with Gasteiger partial charge >= 0.3 is 0 Å². The number of nitrogens with zero attached hydrogens (tertiary/aromatic N) is 3. The van der Waals surface area contributed by atoms with Gasteiger partial charge in [-0.15, -0.1) is 0 Å². The molecule has 2 aliphatic heterocycles. The number of carbonyl (C=O) groups excluding carboxylic acids is 1. The molecule has 2 saturated heterocycles. The summed E-state index contributed by atoms with van der Waals surface area (Å²) in [6, 6.07) is 4.71. The molecule has 28 heavy (non-hydrogen) atoms. The average Bonchev–Trinajstić information content (AvgIpc) is 3.09. The molecule has 0 radical (unpaired) electrons. The van der Waals surface area contributed by atoms with Crippen molar-refractivity contribution in [1.82, 2.24) is 20.0 Å². The maximum absolute atomic E-state index is 13.6. The maximum Gasteiger partial charge on any atom is 0.254 e. The summed E-state index contributed by atoms with van der Waals surface area (Å²) in [5, 5.41) is 7.76. The van der Waals surface area contributed by atoms with E-state index in [-0.39, 0.29) is 5.91 Å². The number of carbonyl (C=O) groups is 1. The van der Waals surface area contributed by atoms with E-state index in [1.807, 2.05) is 0 Å². The molecule has 150 valence electrons. The first-order chi connectivity index (χ1) is 13.5. The highest BCUT2D eigenvalue weighted by molar-refractivity contribution is 6.32. The number of rotatable bonds is 4. The average molecular weight is 405 g/mol. The van der Waals surface area contributed by atoms with Crippen molar-refractivity contribution in [2.75, 3.05) is 19.6 Å². The molecular formula is C21H26ClFN4O. The molecule has 1 aromatic heterocycles. The summed E-state index contributed by atoms with van der Waals surface area (Å²) in [5.74, 6) is -0.0233. The van der Waals surface area contributed by atoms with Crippen molar-refractivity contribution in [3.05, 3.63) is 46.5 Å². The van der Waals surface area contributed by atoms with E-state index in [1.165, 1.54) is 74.3 Å². The highest BCUT2D eigenvalue weighted by atomic mass is 35.5. The normalized spacial score (nSPS) is 22.7. The van der Waals surface area contributed by atoms with Gasteiger partial charge in [-0.2, -0.15) is 5.10 Å². The molecule has 0 unspecified atom stereocenters. The van der Waals surface area contributed by atoms with Gasteiger partial charge in [-0.3, -0.25) is 4.79 Å². The van der Waals surface area contributed by atoms with Gasteiger partial charge in [0.15, 0.2) is 0 Å². The molecule has 5 nitrogen and oxygen atoms in total. The van der Waals surface area contributed by atoms with E-state index in [0.717, 1.165) is 0 Å². The van der Waals surface area contributed by atoms with Gasteiger partial charge in [-0.05, 0) is 63.7 Å². The largest absolute Gasteiger partial charge is 0.352 e. The Hall–Kier alpha value is -1.92. The third-order valence-electron chi connectivity index (χ3n) is 6.14. The molecule has 0 spiro atoms. The molecule has 2 atom stereocenters. The highest BCUT2D eigenvalue weighted by Gasteiger charge is 2.33. The van der Waals surface area contributed by atoms with Crippen LogP contribution in [0.25, 0.3) is 5.69 Å². The Labute approximate surface area is 169 Å². The predicted octanol–water partition coefficient (Wildman–Crippen LogP) is 3.97. The quantitative estimate of drug-likeness (QED) is 0.838. The van der Waals surface area contributed by atoms with Crippen molar-refractivity contribution in [2.24, 2.45) is 5.92 Å². The topological polar surface area (TPSA) is 50.2 Å². The predicted molar refractivity (Wildman–Crippen MR) is 108 cm³/mol. The molecule has 1 amide bonds. The van der Waals surface area contributed by atoms with Crippen molar-refractivity contribution in [3.63, 3.8) is 0 Å². The number of nitrogens with one attached hydrogen (secondary N) is 1. The molecule has 1 aromatic carbocycles. The summed E-state index contributed by atoms with van der Waals surface area (Å²) >= 11 is 6.19. The number of hydrogen-bond acceptors (Lipinski definition) is 3. The molecule has 7 heteroatoms. The lowest BCUT2D eigenvalue weighted by Crippen LogP contribution is -2.51. The molecule has 4 rings (SSSR count). The van der Waals surface area contributed by atoms with E-state index in [2.05, 4.69) is 15.3 Å². The van der Waals surface area contributed by atoms with Crippen LogP contribution in [0.4, 0.5) is 4.39 Å². The lowest BCUT2D eigenvalue weighted by atomic mass is 9.83. The van der Waals surface area contributed by atoms with Crippen LogP contribution in [0.15, 0.2) is 24.4 Å². The summed E-state index contributed by atoms with van der Waals surface area (Å²) in [7, 11) is 0. The maximum atomic E-state index is 13.6. The highest BCUT2D eigenvalue weighted by Crippen LogP contribution is 2.30. The summed E-state index contributed by atoms with van der Waals surface area (Å²) in [5.41, 5.74) is 1.58. The summed E-state index contributed by atoms with van der Waals surface area (Å²) in [6.45, 7) is 4.86. The van der Waals surface area contributed by atoms with E-state index in [1.54, 1.807) is 6.92 Å². The third kappa shape index (κ3) is 3.80. The first-order valence-electron chi connectivity index (χ1n) is 10.1. The number of fused-ring (bicyclic) bond motifs is 1. The molecule has 1 N–H and O–H groups in total. The van der Waals surface area contributed by atoms with Gasteiger partial charge in [0.05, 0.1) is 28.2 Å². The Bertz CT molecular complexity index is 866. The number of amides is 1. The van der Waals surface area contributed by atoms with Crippen LogP contribution in [-0.2, 0) is 0 Å². The molecule has 2 fully saturated rings. The monoisotopic (exact) mass is 404 g/mol. The van der Waals surface area contributed by atoms with Crippen LogP contribution >= 0.6 is 11.6 Å². The van der Waals surface area contributed by atoms with Gasteiger partial charge in [0.25, 0.3) is 5.91 Å². The molecular weight excluding hydrogens is 379 g/mol. The zero-order chi connectivity index (χ0) is 19.7. The van der Waals surface area contributed by atoms with E-state index in [9.17, 15) is 9.18 Å². The lowest BCUT2D eigenvalue weighted by Gasteiger charge is -2.44. The van der Waals surface area contributed by atoms with Gasteiger partial charge in [0.1, 0.15) is 5.82 Å². The number of aromatic nitrogens is 2. The van der Waals surface area contributed by atoms with Crippen molar-refractivity contribution >= 4 is 17.5 Å². The molecule has 0 saturated carbocycles. The molecule has 3 heterocycles. The Morgan fingerprint density at radius 3 is 2.96 bits per heavy atom. The zero-order valence-corrected chi connectivity index (χ0v) is 16.9. The number of piperidine rings is 2. The van der Waals surface area contributed by atoms with E-state index >= 15 is 0 Å². The fourth-order valence-electron chi connectivity index (χ4n) is 4.66. The lowest BCUT2D eigenvalue weighted by molar-refractivity contribution is 0.0575. The van der Waals surface area contributed by atoms with Gasteiger partial charge in [-0.25, -0.2) is 9.07 Å². The van der Waals surface area contributed by atoms with E-state index < -0.39 is 5.82 Å². The zero-order valence-electron chi connectivity index (χ0n) is 16.1. The minimum absolute atomic E-state index is 0.135. The Kier molecular flexibility index (Phi) is 5.69. The molecule has 2 aromatic rings.